The van der Waals surface area contributed by atoms with E-state index in [1.165, 1.54) is 15.3 Å². The maximum absolute atomic E-state index is 5.71. The van der Waals surface area contributed by atoms with Gasteiger partial charge >= 0.3 is 114 Å². The Morgan fingerprint density at radius 3 is 2.67 bits per heavy atom. The van der Waals surface area contributed by atoms with Crippen LogP contribution in [0.3, 0.4) is 0 Å². The number of benzene rings is 2. The molecule has 18 heavy (non-hydrogen) atoms. The van der Waals surface area contributed by atoms with E-state index in [9.17, 15) is 0 Å². The summed E-state index contributed by atoms with van der Waals surface area (Å²) in [7, 11) is 0. The van der Waals surface area contributed by atoms with E-state index in [-0.39, 0.29) is 0 Å². The number of hydrogen-bond donors (Lipinski definition) is 0. The van der Waals surface area contributed by atoms with Gasteiger partial charge in [-0.25, -0.2) is 0 Å². The van der Waals surface area contributed by atoms with Crippen molar-refractivity contribution in [1.29, 1.82) is 0 Å². The first-order chi connectivity index (χ1) is 8.93. The van der Waals surface area contributed by atoms with E-state index in [0.29, 0.717) is 20.9 Å². The van der Waals surface area contributed by atoms with Gasteiger partial charge in [-0.15, -0.1) is 0 Å². The van der Waals surface area contributed by atoms with Crippen LogP contribution in [0.25, 0.3) is 0 Å². The number of ether oxygens (including phenoxy) is 1. The number of fused-ring (bicyclic) bond motifs is 1. The molecule has 0 saturated carbocycles. The van der Waals surface area contributed by atoms with Crippen molar-refractivity contribution in [3.8, 4) is 5.75 Å². The van der Waals surface area contributed by atoms with Crippen LogP contribution in [-0.4, -0.2) is 21.6 Å². The Morgan fingerprint density at radius 1 is 1.00 bits per heavy atom. The van der Waals surface area contributed by atoms with E-state index < -0.39 is 0 Å². The van der Waals surface area contributed by atoms with E-state index >= 15 is 0 Å². The van der Waals surface area contributed by atoms with Crippen LogP contribution >= 0.6 is 0 Å². The standard InChI is InChI=1S/C16H16OSe/c1-2-6-14(7-3-1)18-12-13-10-11-17-16-9-5-4-8-15(13)16/h1-9,13H,10-12H2. The summed E-state index contributed by atoms with van der Waals surface area (Å²) >= 11 is 0.566. The molecule has 0 aromatic heterocycles. The second-order valence-corrected chi connectivity index (χ2v) is 6.79. The average molecular weight is 303 g/mol. The van der Waals surface area contributed by atoms with E-state index in [2.05, 4.69) is 54.6 Å². The van der Waals surface area contributed by atoms with Gasteiger partial charge in [0, 0.05) is 0 Å². The van der Waals surface area contributed by atoms with Crippen molar-refractivity contribution in [3.63, 3.8) is 0 Å². The zero-order valence-corrected chi connectivity index (χ0v) is 11.9. The Hall–Kier alpha value is -1.24. The Kier molecular flexibility index (Phi) is 3.68. The molecule has 1 atom stereocenters. The molecule has 0 spiro atoms. The molecule has 92 valence electrons. The molecule has 2 aromatic carbocycles. The molecule has 0 aliphatic carbocycles. The van der Waals surface area contributed by atoms with Gasteiger partial charge in [0.15, 0.2) is 0 Å². The van der Waals surface area contributed by atoms with Gasteiger partial charge in [-0.05, 0) is 0 Å². The first-order valence-electron chi connectivity index (χ1n) is 6.33. The molecular weight excluding hydrogens is 287 g/mol. The summed E-state index contributed by atoms with van der Waals surface area (Å²) in [4.78, 5) is 0. The van der Waals surface area contributed by atoms with Crippen molar-refractivity contribution < 1.29 is 4.74 Å². The van der Waals surface area contributed by atoms with Crippen LogP contribution in [0.4, 0.5) is 0 Å². The molecule has 0 bridgehead atoms. The van der Waals surface area contributed by atoms with E-state index in [0.717, 1.165) is 18.8 Å². The van der Waals surface area contributed by atoms with Gasteiger partial charge in [0.25, 0.3) is 0 Å². The molecule has 1 nitrogen and oxygen atoms in total. The molecule has 3 rings (SSSR count). The third kappa shape index (κ3) is 2.60. The Bertz CT molecular complexity index is 510. The summed E-state index contributed by atoms with van der Waals surface area (Å²) in [6, 6.07) is 19.3. The van der Waals surface area contributed by atoms with Crippen molar-refractivity contribution in [2.45, 2.75) is 17.7 Å². The van der Waals surface area contributed by atoms with Crippen LogP contribution in [0.1, 0.15) is 17.9 Å². The number of para-hydroxylation sites is 1. The normalized spacial score (nSPS) is 17.9. The molecule has 0 amide bonds. The molecular formula is C16H16OSe. The van der Waals surface area contributed by atoms with Crippen molar-refractivity contribution in [2.75, 3.05) is 6.61 Å². The molecule has 1 unspecified atom stereocenters. The molecule has 1 heterocycles. The third-order valence-electron chi connectivity index (χ3n) is 3.28. The molecule has 2 heteroatoms. The van der Waals surface area contributed by atoms with E-state index in [1.54, 1.807) is 0 Å². The van der Waals surface area contributed by atoms with Crippen molar-refractivity contribution >= 4 is 19.4 Å². The predicted octanol–water partition coefficient (Wildman–Crippen LogP) is 3.00. The minimum atomic E-state index is 0.566. The third-order valence-corrected chi connectivity index (χ3v) is 5.74. The second-order valence-electron chi connectivity index (χ2n) is 4.50. The van der Waals surface area contributed by atoms with Crippen LogP contribution in [0.2, 0.25) is 5.32 Å². The van der Waals surface area contributed by atoms with Crippen molar-refractivity contribution in [3.05, 3.63) is 60.2 Å². The Morgan fingerprint density at radius 2 is 1.78 bits per heavy atom. The molecule has 0 N–H and O–H groups in total. The predicted molar refractivity (Wildman–Crippen MR) is 75.9 cm³/mol. The fourth-order valence-corrected chi connectivity index (χ4v) is 4.59. The fraction of sp³-hybridized carbons (Fsp3) is 0.250. The second kappa shape index (κ2) is 5.60. The number of rotatable bonds is 3. The zero-order chi connectivity index (χ0) is 12.2. The minimum absolute atomic E-state index is 0.566. The van der Waals surface area contributed by atoms with E-state index in [1.807, 2.05) is 0 Å². The van der Waals surface area contributed by atoms with Crippen molar-refractivity contribution in [1.82, 2.24) is 0 Å². The van der Waals surface area contributed by atoms with Gasteiger partial charge in [0.2, 0.25) is 0 Å². The van der Waals surface area contributed by atoms with Crippen LogP contribution in [0.5, 0.6) is 5.75 Å². The van der Waals surface area contributed by atoms with Gasteiger partial charge in [-0.2, -0.15) is 0 Å². The van der Waals surface area contributed by atoms with Gasteiger partial charge in [0.05, 0.1) is 0 Å². The van der Waals surface area contributed by atoms with Gasteiger partial charge in [-0.3, -0.25) is 0 Å². The molecule has 0 fully saturated rings. The van der Waals surface area contributed by atoms with Crippen LogP contribution < -0.4 is 9.20 Å². The topological polar surface area (TPSA) is 9.23 Å². The van der Waals surface area contributed by atoms with Crippen molar-refractivity contribution in [2.24, 2.45) is 0 Å². The summed E-state index contributed by atoms with van der Waals surface area (Å²) in [5.41, 5.74) is 1.40. The fourth-order valence-electron chi connectivity index (χ4n) is 2.30. The monoisotopic (exact) mass is 304 g/mol. The van der Waals surface area contributed by atoms with Gasteiger partial charge < -0.3 is 0 Å². The van der Waals surface area contributed by atoms with Crippen LogP contribution in [0.15, 0.2) is 54.6 Å². The summed E-state index contributed by atoms with van der Waals surface area (Å²) in [5.74, 6) is 1.77. The summed E-state index contributed by atoms with van der Waals surface area (Å²) in [6.07, 6.45) is 1.16. The molecule has 2 aromatic rings. The SMILES string of the molecule is c1ccc([Se]CC2CCOc3ccccc32)cc1. The Balaban J connectivity index is 1.71. The molecule has 1 aliphatic heterocycles. The quantitative estimate of drug-likeness (QED) is 0.792. The van der Waals surface area contributed by atoms with Gasteiger partial charge in [0.1, 0.15) is 0 Å². The van der Waals surface area contributed by atoms with Gasteiger partial charge in [-0.1, -0.05) is 0 Å². The first-order valence-corrected chi connectivity index (χ1v) is 8.40. The summed E-state index contributed by atoms with van der Waals surface area (Å²) in [6.45, 7) is 0.868. The first kappa shape index (κ1) is 11.8. The average Bonchev–Trinajstić information content (AvgIpc) is 2.46. The number of hydrogen-bond acceptors (Lipinski definition) is 1. The molecule has 0 saturated heterocycles. The Labute approximate surface area is 114 Å². The van der Waals surface area contributed by atoms with Crippen LogP contribution in [0, 0.1) is 0 Å². The molecule has 0 radical (unpaired) electrons. The van der Waals surface area contributed by atoms with Crippen LogP contribution in [-0.2, 0) is 0 Å². The summed E-state index contributed by atoms with van der Waals surface area (Å²) in [5, 5.41) is 1.28. The maximum atomic E-state index is 5.71. The van der Waals surface area contributed by atoms with E-state index in [4.69, 9.17) is 4.74 Å². The molecule has 1 aliphatic rings. The summed E-state index contributed by atoms with van der Waals surface area (Å²) < 4.78 is 7.21. The zero-order valence-electron chi connectivity index (χ0n) is 10.2.